The Morgan fingerprint density at radius 3 is 2.81 bits per heavy atom. The number of aromatic nitrogens is 2. The minimum atomic E-state index is -0.267. The van der Waals surface area contributed by atoms with Gasteiger partial charge in [-0.15, -0.1) is 11.3 Å². The second kappa shape index (κ2) is 7.32. The summed E-state index contributed by atoms with van der Waals surface area (Å²) < 4.78 is 5.44. The third kappa shape index (κ3) is 3.81. The number of hydrogen-bond donors (Lipinski definition) is 2. The average molecular weight is 374 g/mol. The van der Waals surface area contributed by atoms with Gasteiger partial charge in [0.1, 0.15) is 11.6 Å². The number of carbonyl (C=O) groups excluding carboxylic acids is 1. The van der Waals surface area contributed by atoms with Crippen molar-refractivity contribution in [1.29, 1.82) is 5.26 Å². The molecule has 1 amide bonds. The molecule has 7 heteroatoms. The van der Waals surface area contributed by atoms with Gasteiger partial charge >= 0.3 is 0 Å². The van der Waals surface area contributed by atoms with Crippen molar-refractivity contribution in [2.24, 2.45) is 0 Å². The number of fused-ring (bicyclic) bond motifs is 1. The van der Waals surface area contributed by atoms with Crippen LogP contribution in [0.3, 0.4) is 0 Å². The standard InChI is InChI=1S/C20H14N4O2S/c21-11-13-3-6-15(7-4-13)26-12-19(25)22-14-5-8-16-17(10-14)24-20(23-16)18-2-1-9-27-18/h1-10H,12H2,(H,22,25)(H,23,24). The van der Waals surface area contributed by atoms with Gasteiger partial charge in [-0.2, -0.15) is 5.26 Å². The number of amides is 1. The first-order valence-corrected chi connectivity index (χ1v) is 9.06. The highest BCUT2D eigenvalue weighted by molar-refractivity contribution is 7.13. The monoisotopic (exact) mass is 374 g/mol. The molecule has 0 aliphatic carbocycles. The van der Waals surface area contributed by atoms with Crippen molar-refractivity contribution in [3.05, 3.63) is 65.5 Å². The van der Waals surface area contributed by atoms with Gasteiger partial charge in [-0.05, 0) is 53.9 Å². The van der Waals surface area contributed by atoms with E-state index in [1.165, 1.54) is 0 Å². The molecule has 0 atom stereocenters. The van der Waals surface area contributed by atoms with E-state index in [0.717, 1.165) is 21.7 Å². The Labute approximate surface area is 159 Å². The minimum absolute atomic E-state index is 0.118. The quantitative estimate of drug-likeness (QED) is 0.548. The Bertz CT molecular complexity index is 1130. The number of nitrogens with zero attached hydrogens (tertiary/aromatic N) is 2. The molecule has 2 N–H and O–H groups in total. The van der Waals surface area contributed by atoms with Crippen LogP contribution in [-0.2, 0) is 4.79 Å². The number of thiophene rings is 1. The zero-order valence-corrected chi connectivity index (χ0v) is 14.9. The van der Waals surface area contributed by atoms with E-state index in [2.05, 4.69) is 15.3 Å². The van der Waals surface area contributed by atoms with Crippen molar-refractivity contribution in [3.63, 3.8) is 0 Å². The largest absolute Gasteiger partial charge is 0.484 e. The van der Waals surface area contributed by atoms with Crippen molar-refractivity contribution in [3.8, 4) is 22.5 Å². The number of nitriles is 1. The summed E-state index contributed by atoms with van der Waals surface area (Å²) in [7, 11) is 0. The Hall–Kier alpha value is -3.63. The second-order valence-electron chi connectivity index (χ2n) is 5.77. The first-order chi connectivity index (χ1) is 13.2. The summed E-state index contributed by atoms with van der Waals surface area (Å²) >= 11 is 1.62. The number of nitrogens with one attached hydrogen (secondary N) is 2. The zero-order chi connectivity index (χ0) is 18.6. The highest BCUT2D eigenvalue weighted by Gasteiger charge is 2.09. The minimum Gasteiger partial charge on any atom is -0.484 e. The number of anilines is 1. The molecular formula is C20H14N4O2S. The smallest absolute Gasteiger partial charge is 0.262 e. The molecule has 27 heavy (non-hydrogen) atoms. The summed E-state index contributed by atoms with van der Waals surface area (Å²) in [4.78, 5) is 21.0. The topological polar surface area (TPSA) is 90.8 Å². The fourth-order valence-corrected chi connectivity index (χ4v) is 3.26. The van der Waals surface area contributed by atoms with Gasteiger partial charge in [0.05, 0.1) is 27.5 Å². The van der Waals surface area contributed by atoms with Gasteiger partial charge in [-0.1, -0.05) is 6.07 Å². The lowest BCUT2D eigenvalue weighted by molar-refractivity contribution is -0.118. The molecule has 4 aromatic rings. The van der Waals surface area contributed by atoms with E-state index in [9.17, 15) is 4.79 Å². The lowest BCUT2D eigenvalue weighted by Crippen LogP contribution is -2.20. The molecule has 0 spiro atoms. The van der Waals surface area contributed by atoms with Crippen LogP contribution in [0.5, 0.6) is 5.75 Å². The lowest BCUT2D eigenvalue weighted by Gasteiger charge is -2.07. The SMILES string of the molecule is N#Cc1ccc(OCC(=O)Nc2ccc3nc(-c4cccs4)[nH]c3c2)cc1. The molecule has 0 fully saturated rings. The van der Waals surface area contributed by atoms with Gasteiger partial charge in [-0.25, -0.2) is 4.98 Å². The molecule has 0 bridgehead atoms. The van der Waals surface area contributed by atoms with Gasteiger partial charge < -0.3 is 15.0 Å². The van der Waals surface area contributed by atoms with Crippen LogP contribution in [0.1, 0.15) is 5.56 Å². The van der Waals surface area contributed by atoms with Gasteiger partial charge in [-0.3, -0.25) is 4.79 Å². The molecule has 4 rings (SSSR count). The van der Waals surface area contributed by atoms with E-state index in [4.69, 9.17) is 10.00 Å². The summed E-state index contributed by atoms with van der Waals surface area (Å²) in [5.41, 5.74) is 2.90. The molecule has 0 aliphatic rings. The summed E-state index contributed by atoms with van der Waals surface area (Å²) in [5.74, 6) is 1.08. The first kappa shape index (κ1) is 16.8. The lowest BCUT2D eigenvalue weighted by atomic mass is 10.2. The maximum atomic E-state index is 12.1. The molecule has 2 aromatic heterocycles. The maximum Gasteiger partial charge on any atom is 0.262 e. The van der Waals surface area contributed by atoms with E-state index >= 15 is 0 Å². The normalized spacial score (nSPS) is 10.5. The molecule has 0 saturated carbocycles. The number of imidazole rings is 1. The fourth-order valence-electron chi connectivity index (χ4n) is 2.59. The molecule has 0 unspecified atom stereocenters. The number of aromatic amines is 1. The van der Waals surface area contributed by atoms with Crippen LogP contribution in [-0.4, -0.2) is 22.5 Å². The number of hydrogen-bond acceptors (Lipinski definition) is 5. The van der Waals surface area contributed by atoms with Crippen molar-refractivity contribution in [1.82, 2.24) is 9.97 Å². The van der Waals surface area contributed by atoms with Crippen molar-refractivity contribution >= 4 is 34.0 Å². The van der Waals surface area contributed by atoms with E-state index in [1.54, 1.807) is 41.7 Å². The summed E-state index contributed by atoms with van der Waals surface area (Å²) in [5, 5.41) is 13.6. The van der Waals surface area contributed by atoms with Crippen LogP contribution in [0.15, 0.2) is 60.0 Å². The Morgan fingerprint density at radius 2 is 2.07 bits per heavy atom. The molecule has 0 radical (unpaired) electrons. The van der Waals surface area contributed by atoms with E-state index in [1.807, 2.05) is 35.7 Å². The van der Waals surface area contributed by atoms with Crippen LogP contribution in [0, 0.1) is 11.3 Å². The average Bonchev–Trinajstić information content (AvgIpc) is 3.36. The summed E-state index contributed by atoms with van der Waals surface area (Å²) in [6.45, 7) is -0.118. The third-order valence-electron chi connectivity index (χ3n) is 3.87. The molecule has 0 aliphatic heterocycles. The second-order valence-corrected chi connectivity index (χ2v) is 6.72. The van der Waals surface area contributed by atoms with Crippen LogP contribution < -0.4 is 10.1 Å². The van der Waals surface area contributed by atoms with Gasteiger partial charge in [0.25, 0.3) is 5.91 Å². The highest BCUT2D eigenvalue weighted by Crippen LogP contribution is 2.26. The molecule has 132 valence electrons. The number of carbonyl (C=O) groups is 1. The van der Waals surface area contributed by atoms with E-state index in [0.29, 0.717) is 17.0 Å². The van der Waals surface area contributed by atoms with Crippen LogP contribution >= 0.6 is 11.3 Å². The predicted octanol–water partition coefficient (Wildman–Crippen LogP) is 4.18. The van der Waals surface area contributed by atoms with Crippen LogP contribution in [0.25, 0.3) is 21.7 Å². The Morgan fingerprint density at radius 1 is 1.22 bits per heavy atom. The molecular weight excluding hydrogens is 360 g/mol. The molecule has 2 aromatic carbocycles. The Kier molecular flexibility index (Phi) is 4.56. The highest BCUT2D eigenvalue weighted by atomic mass is 32.1. The van der Waals surface area contributed by atoms with E-state index in [-0.39, 0.29) is 12.5 Å². The van der Waals surface area contributed by atoms with Gasteiger partial charge in [0, 0.05) is 5.69 Å². The number of rotatable bonds is 5. The molecule has 6 nitrogen and oxygen atoms in total. The summed E-state index contributed by atoms with van der Waals surface area (Å²) in [6, 6.07) is 18.1. The number of ether oxygens (including phenoxy) is 1. The van der Waals surface area contributed by atoms with Gasteiger partial charge in [0.15, 0.2) is 6.61 Å². The molecule has 0 saturated heterocycles. The first-order valence-electron chi connectivity index (χ1n) is 8.18. The number of benzene rings is 2. The van der Waals surface area contributed by atoms with Crippen molar-refractivity contribution < 1.29 is 9.53 Å². The third-order valence-corrected chi connectivity index (χ3v) is 4.75. The zero-order valence-electron chi connectivity index (χ0n) is 14.1. The van der Waals surface area contributed by atoms with Crippen molar-refractivity contribution in [2.45, 2.75) is 0 Å². The fraction of sp³-hybridized carbons (Fsp3) is 0.0500. The summed E-state index contributed by atoms with van der Waals surface area (Å²) in [6.07, 6.45) is 0. The molecule has 2 heterocycles. The predicted molar refractivity (Wildman–Crippen MR) is 105 cm³/mol. The van der Waals surface area contributed by atoms with Crippen LogP contribution in [0.4, 0.5) is 5.69 Å². The van der Waals surface area contributed by atoms with Gasteiger partial charge in [0.2, 0.25) is 0 Å². The Balaban J connectivity index is 1.41. The van der Waals surface area contributed by atoms with E-state index < -0.39 is 0 Å². The van der Waals surface area contributed by atoms with Crippen molar-refractivity contribution in [2.75, 3.05) is 11.9 Å². The maximum absolute atomic E-state index is 12.1. The number of H-pyrrole nitrogens is 1. The van der Waals surface area contributed by atoms with Crippen LogP contribution in [0.2, 0.25) is 0 Å².